The van der Waals surface area contributed by atoms with E-state index < -0.39 is 17.6 Å². The van der Waals surface area contributed by atoms with Gasteiger partial charge in [-0.3, -0.25) is 4.79 Å². The van der Waals surface area contributed by atoms with Crippen molar-refractivity contribution in [2.45, 2.75) is 6.18 Å². The molecule has 0 fully saturated rings. The van der Waals surface area contributed by atoms with Crippen LogP contribution in [0.1, 0.15) is 5.56 Å². The number of carbonyl (C=O) groups is 1. The second kappa shape index (κ2) is 12.5. The zero-order valence-electron chi connectivity index (χ0n) is 20.9. The first-order chi connectivity index (χ1) is 18.1. The molecule has 1 aromatic heterocycles. The second-order valence-corrected chi connectivity index (χ2v) is 8.33. The SMILES string of the molecule is C=CC(=O)Nc1cc(Nc2ncc(Cl)c(N(C)c3cccc(C(F)(F)F)c3)n2)c(OC)cc1NCCNC. The van der Waals surface area contributed by atoms with Crippen LogP contribution in [-0.2, 0) is 11.0 Å². The summed E-state index contributed by atoms with van der Waals surface area (Å²) in [5.74, 6) is 0.275. The predicted octanol–water partition coefficient (Wildman–Crippen LogP) is 5.42. The van der Waals surface area contributed by atoms with Crippen molar-refractivity contribution < 1.29 is 22.7 Å². The van der Waals surface area contributed by atoms with Gasteiger partial charge in [-0.05, 0) is 37.4 Å². The Morgan fingerprint density at radius 3 is 2.61 bits per heavy atom. The minimum atomic E-state index is -4.50. The zero-order chi connectivity index (χ0) is 27.9. The van der Waals surface area contributed by atoms with E-state index in [2.05, 4.69) is 37.8 Å². The summed E-state index contributed by atoms with van der Waals surface area (Å²) >= 11 is 6.30. The van der Waals surface area contributed by atoms with Crippen LogP contribution >= 0.6 is 11.6 Å². The van der Waals surface area contributed by atoms with E-state index in [1.165, 1.54) is 30.3 Å². The Balaban J connectivity index is 1.97. The predicted molar refractivity (Wildman–Crippen MR) is 144 cm³/mol. The van der Waals surface area contributed by atoms with Crippen molar-refractivity contribution in [2.75, 3.05) is 55.1 Å². The lowest BCUT2D eigenvalue weighted by Gasteiger charge is -2.22. The number of amides is 1. The average molecular weight is 550 g/mol. The molecule has 2 aromatic carbocycles. The lowest BCUT2D eigenvalue weighted by atomic mass is 10.2. The van der Waals surface area contributed by atoms with Crippen molar-refractivity contribution in [3.8, 4) is 5.75 Å². The number of nitrogens with zero attached hydrogens (tertiary/aromatic N) is 3. The number of likely N-dealkylation sites (N-methyl/N-ethyl adjacent to an activating group) is 1. The number of aromatic nitrogens is 2. The molecular formula is C25H27ClF3N7O2. The number of hydrogen-bond donors (Lipinski definition) is 4. The van der Waals surface area contributed by atoms with Crippen molar-refractivity contribution in [3.63, 3.8) is 0 Å². The van der Waals surface area contributed by atoms with Gasteiger partial charge in [0.05, 0.1) is 35.9 Å². The van der Waals surface area contributed by atoms with Crippen LogP contribution < -0.4 is 30.9 Å². The number of nitrogens with one attached hydrogen (secondary N) is 4. The number of hydrogen-bond acceptors (Lipinski definition) is 8. The third kappa shape index (κ3) is 7.05. The number of ether oxygens (including phenoxy) is 1. The Morgan fingerprint density at radius 1 is 1.18 bits per heavy atom. The number of carbonyl (C=O) groups excluding carboxylic acids is 1. The molecule has 0 saturated carbocycles. The number of alkyl halides is 3. The Hall–Kier alpha value is -4.03. The maximum absolute atomic E-state index is 13.2. The molecular weight excluding hydrogens is 523 g/mol. The maximum atomic E-state index is 13.2. The lowest BCUT2D eigenvalue weighted by Crippen LogP contribution is -2.19. The largest absolute Gasteiger partial charge is 0.494 e. The number of rotatable bonds is 11. The van der Waals surface area contributed by atoms with E-state index >= 15 is 0 Å². The summed E-state index contributed by atoms with van der Waals surface area (Å²) < 4.78 is 45.1. The molecule has 13 heteroatoms. The van der Waals surface area contributed by atoms with Gasteiger partial charge in [0.15, 0.2) is 5.82 Å². The molecule has 1 amide bonds. The number of benzene rings is 2. The molecule has 4 N–H and O–H groups in total. The molecule has 0 unspecified atom stereocenters. The van der Waals surface area contributed by atoms with Crippen LogP contribution in [0.3, 0.4) is 0 Å². The van der Waals surface area contributed by atoms with Gasteiger partial charge in [0.2, 0.25) is 11.9 Å². The minimum Gasteiger partial charge on any atom is -0.494 e. The molecule has 0 aliphatic carbocycles. The van der Waals surface area contributed by atoms with Gasteiger partial charge in [-0.25, -0.2) is 4.98 Å². The van der Waals surface area contributed by atoms with Gasteiger partial charge in [0.1, 0.15) is 10.8 Å². The number of methoxy groups -OCH3 is 1. The first kappa shape index (κ1) is 28.5. The quantitative estimate of drug-likeness (QED) is 0.186. The van der Waals surface area contributed by atoms with Gasteiger partial charge < -0.3 is 30.9 Å². The van der Waals surface area contributed by atoms with Crippen LogP contribution in [-0.4, -0.2) is 50.2 Å². The molecule has 38 heavy (non-hydrogen) atoms. The normalized spacial score (nSPS) is 11.0. The minimum absolute atomic E-state index is 0.0958. The van der Waals surface area contributed by atoms with Gasteiger partial charge in [0.25, 0.3) is 0 Å². The molecule has 0 atom stereocenters. The van der Waals surface area contributed by atoms with Crippen molar-refractivity contribution >= 4 is 52.0 Å². The fourth-order valence-electron chi connectivity index (χ4n) is 3.39. The highest BCUT2D eigenvalue weighted by Gasteiger charge is 2.31. The molecule has 0 bridgehead atoms. The van der Waals surface area contributed by atoms with E-state index in [0.717, 1.165) is 18.2 Å². The van der Waals surface area contributed by atoms with E-state index in [-0.39, 0.29) is 22.5 Å². The Morgan fingerprint density at radius 2 is 1.95 bits per heavy atom. The molecule has 0 aliphatic heterocycles. The van der Waals surface area contributed by atoms with Crippen LogP contribution in [0.15, 0.2) is 55.3 Å². The van der Waals surface area contributed by atoms with Gasteiger partial charge in [-0.1, -0.05) is 24.2 Å². The molecule has 0 aliphatic rings. The van der Waals surface area contributed by atoms with Gasteiger partial charge in [-0.15, -0.1) is 0 Å². The van der Waals surface area contributed by atoms with Gasteiger partial charge >= 0.3 is 6.18 Å². The zero-order valence-corrected chi connectivity index (χ0v) is 21.7. The van der Waals surface area contributed by atoms with E-state index in [4.69, 9.17) is 16.3 Å². The van der Waals surface area contributed by atoms with E-state index in [0.29, 0.717) is 35.9 Å². The highest BCUT2D eigenvalue weighted by atomic mass is 35.5. The summed E-state index contributed by atoms with van der Waals surface area (Å²) in [6.07, 6.45) is -2.02. The molecule has 0 saturated heterocycles. The molecule has 3 rings (SSSR count). The Kier molecular flexibility index (Phi) is 9.37. The summed E-state index contributed by atoms with van der Waals surface area (Å²) in [5, 5.41) is 12.2. The summed E-state index contributed by atoms with van der Waals surface area (Å²) in [5.41, 5.74) is 0.911. The monoisotopic (exact) mass is 549 g/mol. The molecule has 3 aromatic rings. The lowest BCUT2D eigenvalue weighted by molar-refractivity contribution is -0.137. The van der Waals surface area contributed by atoms with Crippen molar-refractivity contribution in [3.05, 3.63) is 65.8 Å². The average Bonchev–Trinajstić information content (AvgIpc) is 2.90. The second-order valence-electron chi connectivity index (χ2n) is 7.92. The molecule has 1 heterocycles. The Bertz CT molecular complexity index is 1300. The number of halogens is 4. The number of anilines is 6. The van der Waals surface area contributed by atoms with Crippen molar-refractivity contribution in [2.24, 2.45) is 0 Å². The van der Waals surface area contributed by atoms with Gasteiger partial charge in [0, 0.05) is 31.9 Å². The standard InChI is InChI=1S/C25H27ClF3N7O2/c1-5-22(37)33-19-12-20(21(38-4)13-18(19)31-10-9-30-2)34-24-32-14-17(26)23(35-24)36(3)16-8-6-7-15(11-16)25(27,28)29/h5-8,11-14,30-31H,1,9-10H2,2-4H3,(H,33,37)(H,32,34,35). The molecule has 9 nitrogen and oxygen atoms in total. The first-order valence-electron chi connectivity index (χ1n) is 11.3. The van der Waals surface area contributed by atoms with Crippen molar-refractivity contribution in [1.82, 2.24) is 15.3 Å². The Labute approximate surface area is 223 Å². The highest BCUT2D eigenvalue weighted by molar-refractivity contribution is 6.33. The van der Waals surface area contributed by atoms with E-state index in [1.807, 2.05) is 7.05 Å². The summed E-state index contributed by atoms with van der Waals surface area (Å²) in [6, 6.07) is 8.14. The van der Waals surface area contributed by atoms with Crippen LogP contribution in [0.25, 0.3) is 0 Å². The van der Waals surface area contributed by atoms with Crippen LogP contribution in [0, 0.1) is 0 Å². The first-order valence-corrected chi connectivity index (χ1v) is 11.7. The molecule has 0 radical (unpaired) electrons. The summed E-state index contributed by atoms with van der Waals surface area (Å²) in [6.45, 7) is 4.74. The third-order valence-electron chi connectivity index (χ3n) is 5.32. The van der Waals surface area contributed by atoms with Crippen LogP contribution in [0.2, 0.25) is 5.02 Å². The summed E-state index contributed by atoms with van der Waals surface area (Å²) in [7, 11) is 4.85. The smallest absolute Gasteiger partial charge is 0.416 e. The fourth-order valence-corrected chi connectivity index (χ4v) is 3.61. The van der Waals surface area contributed by atoms with Crippen LogP contribution in [0.5, 0.6) is 5.75 Å². The van der Waals surface area contributed by atoms with Crippen molar-refractivity contribution in [1.29, 1.82) is 0 Å². The maximum Gasteiger partial charge on any atom is 0.416 e. The third-order valence-corrected chi connectivity index (χ3v) is 5.59. The van der Waals surface area contributed by atoms with Gasteiger partial charge in [-0.2, -0.15) is 18.2 Å². The fraction of sp³-hybridized carbons (Fsp3) is 0.240. The molecule has 202 valence electrons. The van der Waals surface area contributed by atoms with E-state index in [1.54, 1.807) is 19.2 Å². The highest BCUT2D eigenvalue weighted by Crippen LogP contribution is 2.38. The summed E-state index contributed by atoms with van der Waals surface area (Å²) in [4.78, 5) is 22.0. The topological polar surface area (TPSA) is 103 Å². The molecule has 0 spiro atoms. The van der Waals surface area contributed by atoms with Crippen LogP contribution in [0.4, 0.5) is 47.7 Å². The van der Waals surface area contributed by atoms with E-state index in [9.17, 15) is 18.0 Å².